The second kappa shape index (κ2) is 8.02. The average Bonchev–Trinajstić information content (AvgIpc) is 2.59. The predicted octanol–water partition coefficient (Wildman–Crippen LogP) is 1.91. The summed E-state index contributed by atoms with van der Waals surface area (Å²) >= 11 is 5.89. The van der Waals surface area contributed by atoms with E-state index in [1.807, 2.05) is 0 Å². The first kappa shape index (κ1) is 20.1. The van der Waals surface area contributed by atoms with Gasteiger partial charge in [0.25, 0.3) is 10.1 Å². The van der Waals surface area contributed by atoms with E-state index in [1.54, 1.807) is 0 Å². The van der Waals surface area contributed by atoms with Crippen LogP contribution in [0.15, 0.2) is 28.9 Å². The molecule has 0 bridgehead atoms. The molecular formula is C15H16ClFN2O6S. The van der Waals surface area contributed by atoms with Crippen molar-refractivity contribution in [3.63, 3.8) is 0 Å². The number of esters is 1. The Balaban J connectivity index is 2.42. The van der Waals surface area contributed by atoms with Crippen LogP contribution in [0.2, 0.25) is 5.02 Å². The molecule has 0 aliphatic carbocycles. The Hall–Kier alpha value is -2.17. The number of carbonyl (C=O) groups is 1. The van der Waals surface area contributed by atoms with E-state index in [-0.39, 0.29) is 34.2 Å². The molecule has 1 aromatic rings. The third-order valence-electron chi connectivity index (χ3n) is 3.38. The first-order valence-electron chi connectivity index (χ1n) is 7.19. The topological polar surface area (TPSA) is 103 Å². The van der Waals surface area contributed by atoms with Crippen LogP contribution in [-0.4, -0.2) is 40.6 Å². The van der Waals surface area contributed by atoms with Gasteiger partial charge in [-0.3, -0.25) is 10.5 Å². The second-order valence-electron chi connectivity index (χ2n) is 5.27. The van der Waals surface area contributed by atoms with Crippen molar-refractivity contribution in [2.45, 2.75) is 12.5 Å². The number of aliphatic imine (C=N–C) groups is 1. The monoisotopic (exact) mass is 406 g/mol. The van der Waals surface area contributed by atoms with Gasteiger partial charge in [-0.15, -0.1) is 0 Å². The Morgan fingerprint density at radius 2 is 2.08 bits per heavy atom. The van der Waals surface area contributed by atoms with Crippen LogP contribution in [0, 0.1) is 5.82 Å². The van der Waals surface area contributed by atoms with Crippen molar-refractivity contribution >= 4 is 33.4 Å². The maximum Gasteiger partial charge on any atom is 0.356 e. The van der Waals surface area contributed by atoms with Crippen molar-refractivity contribution in [1.82, 2.24) is 5.48 Å². The zero-order valence-electron chi connectivity index (χ0n) is 14.1. The Labute approximate surface area is 154 Å². The summed E-state index contributed by atoms with van der Waals surface area (Å²) in [6.07, 6.45) is 2.15. The molecule has 1 aliphatic rings. The Kier molecular flexibility index (Phi) is 6.21. The van der Waals surface area contributed by atoms with E-state index in [2.05, 4.69) is 19.5 Å². The summed E-state index contributed by atoms with van der Waals surface area (Å²) in [7, 11) is -1.36. The van der Waals surface area contributed by atoms with Crippen molar-refractivity contribution in [2.75, 3.05) is 20.5 Å². The van der Waals surface area contributed by atoms with Gasteiger partial charge in [0.1, 0.15) is 5.71 Å². The van der Waals surface area contributed by atoms with Crippen molar-refractivity contribution in [3.05, 3.63) is 40.3 Å². The van der Waals surface area contributed by atoms with E-state index in [1.165, 1.54) is 25.3 Å². The molecule has 11 heteroatoms. The van der Waals surface area contributed by atoms with Gasteiger partial charge in [-0.2, -0.15) is 12.7 Å². The molecule has 0 amide bonds. The normalized spacial score (nSPS) is 17.2. The van der Waals surface area contributed by atoms with Crippen molar-refractivity contribution in [2.24, 2.45) is 4.99 Å². The summed E-state index contributed by atoms with van der Waals surface area (Å²) in [6, 6.07) is 1.99. The highest BCUT2D eigenvalue weighted by atomic mass is 35.5. The molecule has 8 nitrogen and oxygen atoms in total. The first-order chi connectivity index (χ1) is 12.2. The second-order valence-corrected chi connectivity index (χ2v) is 7.25. The highest BCUT2D eigenvalue weighted by molar-refractivity contribution is 7.85. The van der Waals surface area contributed by atoms with Crippen LogP contribution < -0.4 is 10.2 Å². The van der Waals surface area contributed by atoms with Gasteiger partial charge in [-0.1, -0.05) is 17.7 Å². The number of benzene rings is 1. The van der Waals surface area contributed by atoms with Crippen LogP contribution in [0.3, 0.4) is 0 Å². The standard InChI is InChI=1S/C15H16ClFN2O6S/c1-23-14-10(16)5-4-9(13(14)17)11-6-8(19-25-26(3,21)22)7-12(18-11)15(20)24-2/h4-5,7,11,19H,6H2,1-3H3. The Bertz CT molecular complexity index is 884. The fraction of sp³-hybridized carbons (Fsp3) is 0.333. The van der Waals surface area contributed by atoms with E-state index in [4.69, 9.17) is 16.3 Å². The van der Waals surface area contributed by atoms with Crippen molar-refractivity contribution in [3.8, 4) is 5.75 Å². The number of nitrogens with one attached hydrogen (secondary N) is 1. The lowest BCUT2D eigenvalue weighted by Crippen LogP contribution is -2.26. The van der Waals surface area contributed by atoms with Gasteiger partial charge < -0.3 is 9.47 Å². The fourth-order valence-corrected chi connectivity index (χ4v) is 2.75. The van der Waals surface area contributed by atoms with Crippen LogP contribution in [0.1, 0.15) is 18.0 Å². The molecule has 1 N–H and O–H groups in total. The van der Waals surface area contributed by atoms with Crippen molar-refractivity contribution in [1.29, 1.82) is 0 Å². The molecule has 1 unspecified atom stereocenters. The predicted molar refractivity (Wildman–Crippen MR) is 91.9 cm³/mol. The molecule has 0 aromatic heterocycles. The van der Waals surface area contributed by atoms with E-state index in [0.29, 0.717) is 0 Å². The molecule has 1 atom stereocenters. The minimum Gasteiger partial charge on any atom is -0.492 e. The molecule has 0 fully saturated rings. The number of rotatable bonds is 6. The maximum absolute atomic E-state index is 14.7. The van der Waals surface area contributed by atoms with Gasteiger partial charge in [-0.05, 0) is 12.1 Å². The number of carbonyl (C=O) groups excluding carboxylic acids is 1. The van der Waals surface area contributed by atoms with Crippen molar-refractivity contribution < 1.29 is 31.4 Å². The number of methoxy groups -OCH3 is 2. The first-order valence-corrected chi connectivity index (χ1v) is 9.38. The van der Waals surface area contributed by atoms with Crippen LogP contribution >= 0.6 is 11.6 Å². The highest BCUT2D eigenvalue weighted by Crippen LogP contribution is 2.37. The van der Waals surface area contributed by atoms with E-state index >= 15 is 0 Å². The molecule has 0 saturated carbocycles. The van der Waals surface area contributed by atoms with Crippen LogP contribution in [0.25, 0.3) is 0 Å². The quantitative estimate of drug-likeness (QED) is 0.568. The van der Waals surface area contributed by atoms with Gasteiger partial charge in [0.05, 0.1) is 31.5 Å². The molecule has 142 valence electrons. The third kappa shape index (κ3) is 4.71. The lowest BCUT2D eigenvalue weighted by Gasteiger charge is -2.22. The van der Waals surface area contributed by atoms with E-state index < -0.39 is 27.9 Å². The lowest BCUT2D eigenvalue weighted by molar-refractivity contribution is -0.132. The van der Waals surface area contributed by atoms with Crippen LogP contribution in [0.5, 0.6) is 5.75 Å². The minimum absolute atomic E-state index is 0.0394. The van der Waals surface area contributed by atoms with Gasteiger partial charge in [0.2, 0.25) is 0 Å². The molecule has 2 rings (SSSR count). The van der Waals surface area contributed by atoms with Gasteiger partial charge in [-0.25, -0.2) is 9.18 Å². The summed E-state index contributed by atoms with van der Waals surface area (Å²) < 4.78 is 51.0. The summed E-state index contributed by atoms with van der Waals surface area (Å²) in [4.78, 5) is 16.0. The molecule has 0 saturated heterocycles. The van der Waals surface area contributed by atoms with Crippen LogP contribution in [0.4, 0.5) is 4.39 Å². The number of dihydropyridines is 1. The number of hydrogen-bond acceptors (Lipinski definition) is 8. The smallest absolute Gasteiger partial charge is 0.356 e. The molecule has 1 aliphatic heterocycles. The molecule has 0 radical (unpaired) electrons. The minimum atomic E-state index is -3.79. The molecule has 1 heterocycles. The number of hydrogen-bond donors (Lipinski definition) is 1. The molecule has 1 aromatic carbocycles. The summed E-state index contributed by atoms with van der Waals surface area (Å²) in [5.74, 6) is -1.66. The highest BCUT2D eigenvalue weighted by Gasteiger charge is 2.27. The Morgan fingerprint density at radius 1 is 1.38 bits per heavy atom. The van der Waals surface area contributed by atoms with Gasteiger partial charge in [0, 0.05) is 17.7 Å². The molecule has 0 spiro atoms. The fourth-order valence-electron chi connectivity index (χ4n) is 2.27. The van der Waals surface area contributed by atoms with E-state index in [9.17, 15) is 17.6 Å². The Morgan fingerprint density at radius 3 is 2.65 bits per heavy atom. The van der Waals surface area contributed by atoms with E-state index in [0.717, 1.165) is 13.4 Å². The summed E-state index contributed by atoms with van der Waals surface area (Å²) in [5.41, 5.74) is 2.42. The third-order valence-corrected chi connectivity index (χ3v) is 4.06. The van der Waals surface area contributed by atoms with Crippen LogP contribution in [-0.2, 0) is 23.9 Å². The molecule has 26 heavy (non-hydrogen) atoms. The SMILES string of the molecule is COC(=O)C1=NC(c2ccc(Cl)c(OC)c2F)CC(NOS(C)(=O)=O)=C1. The number of hydroxylamine groups is 1. The molecular weight excluding hydrogens is 391 g/mol. The average molecular weight is 407 g/mol. The zero-order chi connectivity index (χ0) is 19.5. The maximum atomic E-state index is 14.7. The number of nitrogens with zero attached hydrogens (tertiary/aromatic N) is 1. The summed E-state index contributed by atoms with van der Waals surface area (Å²) in [6.45, 7) is 0. The lowest BCUT2D eigenvalue weighted by atomic mass is 9.98. The van der Waals surface area contributed by atoms with Gasteiger partial charge in [0.15, 0.2) is 11.6 Å². The number of halogens is 2. The number of ether oxygens (including phenoxy) is 2. The zero-order valence-corrected chi connectivity index (χ0v) is 15.6. The summed E-state index contributed by atoms with van der Waals surface area (Å²) in [5, 5.41) is 0.0797. The van der Waals surface area contributed by atoms with Gasteiger partial charge >= 0.3 is 5.97 Å². The largest absolute Gasteiger partial charge is 0.492 e.